The molecular formula is C25H20N6O2. The van der Waals surface area contributed by atoms with E-state index in [1.54, 1.807) is 44.3 Å². The van der Waals surface area contributed by atoms with E-state index in [0.717, 1.165) is 16.7 Å². The minimum atomic E-state index is -0.449. The van der Waals surface area contributed by atoms with Gasteiger partial charge in [-0.1, -0.05) is 53.6 Å². The van der Waals surface area contributed by atoms with E-state index in [-0.39, 0.29) is 6.61 Å². The molecule has 4 rings (SSSR count). The zero-order chi connectivity index (χ0) is 23.4. The zero-order valence-corrected chi connectivity index (χ0v) is 18.1. The number of azide groups is 1. The number of nitriles is 1. The van der Waals surface area contributed by atoms with Crippen LogP contribution in [0.5, 0.6) is 0 Å². The Morgan fingerprint density at radius 3 is 2.64 bits per heavy atom. The highest BCUT2D eigenvalue weighted by atomic mass is 16.5. The highest BCUT2D eigenvalue weighted by molar-refractivity contribution is 5.93. The number of hydrogen-bond acceptors (Lipinski definition) is 4. The van der Waals surface area contributed by atoms with Crippen molar-refractivity contribution in [3.8, 4) is 34.3 Å². The van der Waals surface area contributed by atoms with Gasteiger partial charge in [0.15, 0.2) is 0 Å². The Hall–Kier alpha value is -4.73. The first kappa shape index (κ1) is 21.5. The normalized spacial score (nSPS) is 10.3. The molecule has 8 heteroatoms. The van der Waals surface area contributed by atoms with Crippen LogP contribution in [0.3, 0.4) is 0 Å². The molecule has 0 saturated carbocycles. The maximum absolute atomic E-state index is 12.7. The minimum Gasteiger partial charge on any atom is -0.462 e. The van der Waals surface area contributed by atoms with Crippen LogP contribution in [0.25, 0.3) is 38.6 Å². The third-order valence-electron chi connectivity index (χ3n) is 5.32. The number of ether oxygens (including phenoxy) is 1. The highest BCUT2D eigenvalue weighted by Gasteiger charge is 2.24. The molecule has 0 spiro atoms. The van der Waals surface area contributed by atoms with Crippen LogP contribution in [-0.2, 0) is 4.74 Å². The summed E-state index contributed by atoms with van der Waals surface area (Å²) < 4.78 is 7.07. The SMILES string of the molecule is CCOC(=O)c1cc(-c2cccc(N=[N+]=[N-])c2)n(-c2[nH]cc(-c3ccccc3)c2C#N)c1C. The second-order valence-electron chi connectivity index (χ2n) is 7.23. The van der Waals surface area contributed by atoms with Gasteiger partial charge in [-0.2, -0.15) is 5.26 Å². The van der Waals surface area contributed by atoms with Gasteiger partial charge in [-0.25, -0.2) is 4.79 Å². The number of nitrogens with zero attached hydrogens (tertiary/aromatic N) is 5. The summed E-state index contributed by atoms with van der Waals surface area (Å²) in [6.07, 6.45) is 1.78. The lowest BCUT2D eigenvalue weighted by Gasteiger charge is -2.12. The van der Waals surface area contributed by atoms with Crippen molar-refractivity contribution < 1.29 is 9.53 Å². The van der Waals surface area contributed by atoms with Gasteiger partial charge in [0.05, 0.1) is 17.9 Å². The summed E-state index contributed by atoms with van der Waals surface area (Å²) >= 11 is 0. The van der Waals surface area contributed by atoms with E-state index >= 15 is 0 Å². The predicted octanol–water partition coefficient (Wildman–Crippen LogP) is 6.44. The third-order valence-corrected chi connectivity index (χ3v) is 5.32. The fraction of sp³-hybridized carbons (Fsp3) is 0.120. The van der Waals surface area contributed by atoms with Gasteiger partial charge in [-0.15, -0.1) is 0 Å². The monoisotopic (exact) mass is 436 g/mol. The molecular weight excluding hydrogens is 416 g/mol. The number of rotatable bonds is 6. The predicted molar refractivity (Wildman–Crippen MR) is 125 cm³/mol. The Labute approximate surface area is 190 Å². The van der Waals surface area contributed by atoms with Crippen molar-refractivity contribution in [1.82, 2.24) is 9.55 Å². The van der Waals surface area contributed by atoms with Gasteiger partial charge < -0.3 is 9.72 Å². The second-order valence-corrected chi connectivity index (χ2v) is 7.23. The maximum Gasteiger partial charge on any atom is 0.339 e. The van der Waals surface area contributed by atoms with E-state index in [4.69, 9.17) is 10.3 Å². The lowest BCUT2D eigenvalue weighted by molar-refractivity contribution is 0.0525. The molecule has 0 aliphatic rings. The van der Waals surface area contributed by atoms with Gasteiger partial charge in [-0.3, -0.25) is 4.57 Å². The first-order chi connectivity index (χ1) is 16.1. The van der Waals surface area contributed by atoms with Gasteiger partial charge in [-0.05, 0) is 42.6 Å². The number of nitrogens with one attached hydrogen (secondary N) is 1. The van der Waals surface area contributed by atoms with Gasteiger partial charge in [0.1, 0.15) is 17.5 Å². The van der Waals surface area contributed by atoms with Crippen LogP contribution in [-0.4, -0.2) is 22.1 Å². The summed E-state index contributed by atoms with van der Waals surface area (Å²) in [5.41, 5.74) is 13.8. The first-order valence-corrected chi connectivity index (χ1v) is 10.3. The quantitative estimate of drug-likeness (QED) is 0.162. The van der Waals surface area contributed by atoms with Crippen molar-refractivity contribution in [2.24, 2.45) is 5.11 Å². The Balaban J connectivity index is 1.98. The molecule has 162 valence electrons. The molecule has 8 nitrogen and oxygen atoms in total. The molecule has 2 heterocycles. The van der Waals surface area contributed by atoms with Crippen LogP contribution in [0, 0.1) is 18.3 Å². The molecule has 0 saturated heterocycles. The molecule has 0 unspecified atom stereocenters. The smallest absolute Gasteiger partial charge is 0.339 e. The van der Waals surface area contributed by atoms with Gasteiger partial charge in [0.25, 0.3) is 0 Å². The van der Waals surface area contributed by atoms with Crippen LogP contribution in [0.1, 0.15) is 28.5 Å². The molecule has 0 radical (unpaired) electrons. The molecule has 0 aliphatic carbocycles. The zero-order valence-electron chi connectivity index (χ0n) is 18.1. The summed E-state index contributed by atoms with van der Waals surface area (Å²) in [4.78, 5) is 18.7. The lowest BCUT2D eigenvalue weighted by Crippen LogP contribution is -2.07. The summed E-state index contributed by atoms with van der Waals surface area (Å²) in [6, 6.07) is 20.7. The number of carbonyl (C=O) groups excluding carboxylic acids is 1. The molecule has 0 bridgehead atoms. The Morgan fingerprint density at radius 1 is 1.18 bits per heavy atom. The summed E-state index contributed by atoms with van der Waals surface area (Å²) in [5, 5.41) is 13.7. The van der Waals surface area contributed by atoms with Crippen molar-refractivity contribution in [1.29, 1.82) is 5.26 Å². The number of hydrogen-bond donors (Lipinski definition) is 1. The van der Waals surface area contributed by atoms with E-state index < -0.39 is 5.97 Å². The number of H-pyrrole nitrogens is 1. The number of carbonyl (C=O) groups is 1. The molecule has 0 amide bonds. The van der Waals surface area contributed by atoms with Crippen molar-refractivity contribution >= 4 is 11.7 Å². The number of benzene rings is 2. The average molecular weight is 436 g/mol. The van der Waals surface area contributed by atoms with Crippen LogP contribution >= 0.6 is 0 Å². The second kappa shape index (κ2) is 9.18. The third kappa shape index (κ3) is 3.97. The van der Waals surface area contributed by atoms with Crippen molar-refractivity contribution in [3.63, 3.8) is 0 Å². The Bertz CT molecular complexity index is 1420. The van der Waals surface area contributed by atoms with Crippen LogP contribution in [0.2, 0.25) is 0 Å². The average Bonchev–Trinajstić information content (AvgIpc) is 3.40. The minimum absolute atomic E-state index is 0.245. The summed E-state index contributed by atoms with van der Waals surface area (Å²) in [6.45, 7) is 3.80. The van der Waals surface area contributed by atoms with Crippen molar-refractivity contribution in [2.45, 2.75) is 13.8 Å². The fourth-order valence-corrected chi connectivity index (χ4v) is 3.85. The number of aromatic nitrogens is 2. The molecule has 0 aliphatic heterocycles. The molecule has 0 atom stereocenters. The van der Waals surface area contributed by atoms with Gasteiger partial charge >= 0.3 is 5.97 Å². The van der Waals surface area contributed by atoms with E-state index in [1.165, 1.54) is 0 Å². The van der Waals surface area contributed by atoms with Crippen LogP contribution < -0.4 is 0 Å². The summed E-state index contributed by atoms with van der Waals surface area (Å²) in [7, 11) is 0. The van der Waals surface area contributed by atoms with Crippen LogP contribution in [0.15, 0.2) is 72.0 Å². The number of esters is 1. The number of aromatic amines is 1. The summed E-state index contributed by atoms with van der Waals surface area (Å²) in [5.74, 6) is 0.0862. The van der Waals surface area contributed by atoms with Crippen molar-refractivity contribution in [3.05, 3.63) is 94.1 Å². The van der Waals surface area contributed by atoms with E-state index in [0.29, 0.717) is 34.0 Å². The molecule has 4 aromatic rings. The van der Waals surface area contributed by atoms with E-state index in [9.17, 15) is 10.1 Å². The molecule has 2 aromatic heterocycles. The molecule has 2 aromatic carbocycles. The maximum atomic E-state index is 12.7. The fourth-order valence-electron chi connectivity index (χ4n) is 3.85. The lowest BCUT2D eigenvalue weighted by atomic mass is 10.0. The Kier molecular flexibility index (Phi) is 5.98. The first-order valence-electron chi connectivity index (χ1n) is 10.3. The highest BCUT2D eigenvalue weighted by Crippen LogP contribution is 2.35. The standard InChI is InChI=1S/C25H20N6O2/c1-3-33-25(32)20-13-23(18-10-7-11-19(12-18)29-30-27)31(16(20)2)24-21(14-26)22(15-28-24)17-8-5-4-6-9-17/h4-13,15,28H,3H2,1-2H3. The Morgan fingerprint density at radius 2 is 1.94 bits per heavy atom. The van der Waals surface area contributed by atoms with Gasteiger partial charge in [0, 0.05) is 28.1 Å². The largest absolute Gasteiger partial charge is 0.462 e. The topological polar surface area (TPSA) is 120 Å². The van der Waals surface area contributed by atoms with E-state index in [2.05, 4.69) is 21.1 Å². The molecule has 0 fully saturated rings. The van der Waals surface area contributed by atoms with E-state index in [1.807, 2.05) is 41.0 Å². The van der Waals surface area contributed by atoms with Crippen LogP contribution in [0.4, 0.5) is 5.69 Å². The van der Waals surface area contributed by atoms with Crippen molar-refractivity contribution in [2.75, 3.05) is 6.61 Å². The molecule has 1 N–H and O–H groups in total. The molecule has 33 heavy (non-hydrogen) atoms. The van der Waals surface area contributed by atoms with Gasteiger partial charge in [0.2, 0.25) is 0 Å².